The molecule has 0 spiro atoms. The van der Waals surface area contributed by atoms with Crippen molar-refractivity contribution in [1.29, 1.82) is 0 Å². The van der Waals surface area contributed by atoms with Gasteiger partial charge < -0.3 is 0 Å². The number of rotatable bonds is 17. The Morgan fingerprint density at radius 1 is 0.788 bits per heavy atom. The zero-order chi connectivity index (χ0) is 23.9. The van der Waals surface area contributed by atoms with E-state index in [-0.39, 0.29) is 16.2 Å². The minimum Gasteiger partial charge on any atom is -0.294 e. The third-order valence-electron chi connectivity index (χ3n) is 6.10. The first-order valence-corrected chi connectivity index (χ1v) is 14.1. The molecular formula is C28H40O4S. The van der Waals surface area contributed by atoms with Crippen LogP contribution >= 0.6 is 0 Å². The van der Waals surface area contributed by atoms with Crippen LogP contribution in [0.15, 0.2) is 53.4 Å². The highest BCUT2D eigenvalue weighted by atomic mass is 32.2. The van der Waals surface area contributed by atoms with Gasteiger partial charge in [-0.1, -0.05) is 101 Å². The molecule has 0 unspecified atom stereocenters. The maximum Gasteiger partial charge on any atom is 0.295 e. The predicted molar refractivity (Wildman–Crippen MR) is 138 cm³/mol. The Bertz CT molecular complexity index is 992. The summed E-state index contributed by atoms with van der Waals surface area (Å²) in [6.45, 7) is 2.25. The van der Waals surface area contributed by atoms with Gasteiger partial charge in [0.25, 0.3) is 10.1 Å². The quantitative estimate of drug-likeness (QED) is 0.109. The van der Waals surface area contributed by atoms with Crippen molar-refractivity contribution in [2.45, 2.75) is 102 Å². The van der Waals surface area contributed by atoms with Crippen molar-refractivity contribution in [2.24, 2.45) is 0 Å². The van der Waals surface area contributed by atoms with E-state index in [4.69, 9.17) is 0 Å². The number of ketones is 1. The molecule has 182 valence electrons. The number of benzene rings is 2. The summed E-state index contributed by atoms with van der Waals surface area (Å²) in [6.07, 6.45) is 20.3. The predicted octanol–water partition coefficient (Wildman–Crippen LogP) is 8.31. The van der Waals surface area contributed by atoms with Crippen molar-refractivity contribution >= 4 is 26.7 Å². The lowest BCUT2D eigenvalue weighted by atomic mass is 10.00. The molecule has 0 saturated heterocycles. The molecule has 4 nitrogen and oxygen atoms in total. The summed E-state index contributed by atoms with van der Waals surface area (Å²) in [4.78, 5) is 12.4. The van der Waals surface area contributed by atoms with Gasteiger partial charge in [-0.3, -0.25) is 9.35 Å². The summed E-state index contributed by atoms with van der Waals surface area (Å²) >= 11 is 0. The first-order chi connectivity index (χ1) is 15.9. The molecule has 0 saturated carbocycles. The molecule has 2 aromatic carbocycles. The van der Waals surface area contributed by atoms with Crippen LogP contribution in [0, 0.1) is 0 Å². The van der Waals surface area contributed by atoms with E-state index in [0.29, 0.717) is 17.2 Å². The second kappa shape index (κ2) is 15.0. The molecule has 0 bridgehead atoms. The van der Waals surface area contributed by atoms with Crippen LogP contribution in [-0.2, 0) is 10.1 Å². The first-order valence-electron chi connectivity index (χ1n) is 12.6. The van der Waals surface area contributed by atoms with Gasteiger partial charge in [0.2, 0.25) is 0 Å². The highest BCUT2D eigenvalue weighted by molar-refractivity contribution is 7.86. The maximum atomic E-state index is 12.7. The van der Waals surface area contributed by atoms with Gasteiger partial charge in [0.15, 0.2) is 5.78 Å². The van der Waals surface area contributed by atoms with Gasteiger partial charge in [0, 0.05) is 17.4 Å². The van der Waals surface area contributed by atoms with Gasteiger partial charge in [-0.25, -0.2) is 0 Å². The Balaban J connectivity index is 1.65. The van der Waals surface area contributed by atoms with E-state index in [1.165, 1.54) is 57.4 Å². The summed E-state index contributed by atoms with van der Waals surface area (Å²) < 4.78 is 33.7. The summed E-state index contributed by atoms with van der Waals surface area (Å²) in [6, 6.07) is 10.1. The van der Waals surface area contributed by atoms with Crippen LogP contribution in [-0.4, -0.2) is 18.8 Å². The summed E-state index contributed by atoms with van der Waals surface area (Å²) in [7, 11) is -4.49. The van der Waals surface area contributed by atoms with Gasteiger partial charge in [-0.05, 0) is 43.6 Å². The third-order valence-corrected chi connectivity index (χ3v) is 7.06. The molecule has 0 aliphatic heterocycles. The molecule has 0 radical (unpaired) electrons. The first kappa shape index (κ1) is 27.3. The van der Waals surface area contributed by atoms with Gasteiger partial charge in [0.05, 0.1) is 0 Å². The van der Waals surface area contributed by atoms with E-state index in [2.05, 4.69) is 19.1 Å². The maximum absolute atomic E-state index is 12.7. The van der Waals surface area contributed by atoms with E-state index >= 15 is 0 Å². The van der Waals surface area contributed by atoms with Crippen molar-refractivity contribution in [3.63, 3.8) is 0 Å². The third kappa shape index (κ3) is 9.81. The minimum absolute atomic E-state index is 0.0895. The monoisotopic (exact) mass is 472 g/mol. The van der Waals surface area contributed by atoms with Crippen LogP contribution in [0.5, 0.6) is 0 Å². The lowest BCUT2D eigenvalue weighted by molar-refractivity contribution is 0.0976. The van der Waals surface area contributed by atoms with E-state index in [9.17, 15) is 17.8 Å². The fraction of sp³-hybridized carbons (Fsp3) is 0.536. The second-order valence-corrected chi connectivity index (χ2v) is 10.3. The van der Waals surface area contributed by atoms with Gasteiger partial charge >= 0.3 is 0 Å². The number of fused-ring (bicyclic) bond motifs is 1. The Morgan fingerprint density at radius 3 is 2.00 bits per heavy atom. The van der Waals surface area contributed by atoms with Crippen molar-refractivity contribution in [2.75, 3.05) is 0 Å². The van der Waals surface area contributed by atoms with Crippen LogP contribution < -0.4 is 0 Å². The molecule has 0 aromatic heterocycles. The normalized spacial score (nSPS) is 12.1. The van der Waals surface area contributed by atoms with Crippen LogP contribution in [0.2, 0.25) is 0 Å². The fourth-order valence-electron chi connectivity index (χ4n) is 4.23. The molecule has 5 heteroatoms. The Morgan fingerprint density at radius 2 is 1.36 bits per heavy atom. The smallest absolute Gasteiger partial charge is 0.294 e. The SMILES string of the molecule is CCCCCCCCC=CCCCCCCCC(=O)c1ccc2ccccc2c1S(=O)(=O)O. The highest BCUT2D eigenvalue weighted by Gasteiger charge is 2.23. The van der Waals surface area contributed by atoms with Gasteiger partial charge in [-0.15, -0.1) is 0 Å². The van der Waals surface area contributed by atoms with E-state index in [1.807, 2.05) is 0 Å². The zero-order valence-corrected chi connectivity index (χ0v) is 20.9. The molecule has 0 atom stereocenters. The van der Waals surface area contributed by atoms with Gasteiger partial charge in [-0.2, -0.15) is 8.42 Å². The number of hydrogen-bond donors (Lipinski definition) is 1. The van der Waals surface area contributed by atoms with Crippen molar-refractivity contribution < 1.29 is 17.8 Å². The number of carbonyl (C=O) groups is 1. The number of carbonyl (C=O) groups excluding carboxylic acids is 1. The number of hydrogen-bond acceptors (Lipinski definition) is 3. The lowest BCUT2D eigenvalue weighted by Crippen LogP contribution is -2.09. The average molecular weight is 473 g/mol. The molecule has 2 aromatic rings. The van der Waals surface area contributed by atoms with E-state index in [0.717, 1.165) is 32.1 Å². The number of allylic oxidation sites excluding steroid dienone is 2. The molecule has 0 fully saturated rings. The molecule has 0 amide bonds. The standard InChI is InChI=1S/C28H40O4S/c1-2-3-4-5-6-7-8-9-10-11-12-13-14-15-16-21-27(29)26-23-22-24-19-17-18-20-25(24)28(26)33(30,31)32/h9-10,17-20,22-23H,2-8,11-16,21H2,1H3,(H,30,31,32). The minimum atomic E-state index is -4.49. The van der Waals surface area contributed by atoms with E-state index < -0.39 is 10.1 Å². The topological polar surface area (TPSA) is 71.4 Å². The van der Waals surface area contributed by atoms with Crippen LogP contribution in [0.1, 0.15) is 107 Å². The average Bonchev–Trinajstić information content (AvgIpc) is 2.80. The molecule has 0 aliphatic rings. The van der Waals surface area contributed by atoms with Gasteiger partial charge in [0.1, 0.15) is 4.90 Å². The van der Waals surface area contributed by atoms with E-state index in [1.54, 1.807) is 30.3 Å². The highest BCUT2D eigenvalue weighted by Crippen LogP contribution is 2.28. The Kier molecular flexibility index (Phi) is 12.4. The number of Topliss-reactive ketones (excluding diaryl/α,β-unsaturated/α-hetero) is 1. The van der Waals surface area contributed by atoms with Crippen molar-refractivity contribution in [3.05, 3.63) is 54.1 Å². The van der Waals surface area contributed by atoms with Crippen LogP contribution in [0.3, 0.4) is 0 Å². The molecule has 0 aliphatic carbocycles. The molecule has 0 heterocycles. The molecule has 1 N–H and O–H groups in total. The zero-order valence-electron chi connectivity index (χ0n) is 20.1. The number of unbranched alkanes of at least 4 members (excludes halogenated alkanes) is 11. The Labute approximate surface area is 200 Å². The summed E-state index contributed by atoms with van der Waals surface area (Å²) in [5.74, 6) is -0.231. The van der Waals surface area contributed by atoms with Crippen LogP contribution in [0.25, 0.3) is 10.8 Å². The lowest BCUT2D eigenvalue weighted by Gasteiger charge is -2.10. The molecule has 2 rings (SSSR count). The Hall–Kier alpha value is -1.98. The summed E-state index contributed by atoms with van der Waals surface area (Å²) in [5.41, 5.74) is 0.0895. The second-order valence-electron chi connectivity index (χ2n) is 8.90. The molecule has 33 heavy (non-hydrogen) atoms. The van der Waals surface area contributed by atoms with Crippen molar-refractivity contribution in [3.8, 4) is 0 Å². The molecular weight excluding hydrogens is 432 g/mol. The summed E-state index contributed by atoms with van der Waals surface area (Å²) in [5, 5.41) is 1.07. The largest absolute Gasteiger partial charge is 0.295 e. The van der Waals surface area contributed by atoms with Crippen molar-refractivity contribution in [1.82, 2.24) is 0 Å². The fourth-order valence-corrected chi connectivity index (χ4v) is 5.16. The van der Waals surface area contributed by atoms with Crippen LogP contribution in [0.4, 0.5) is 0 Å².